The van der Waals surface area contributed by atoms with Crippen LogP contribution in [0.2, 0.25) is 0 Å². The summed E-state index contributed by atoms with van der Waals surface area (Å²) in [6, 6.07) is 8.06. The molecular formula is C13H11F3N2O. The molecule has 1 aliphatic rings. The topological polar surface area (TPSA) is 44.1 Å². The number of amides is 1. The van der Waals surface area contributed by atoms with Gasteiger partial charge < -0.3 is 4.90 Å². The zero-order valence-corrected chi connectivity index (χ0v) is 9.94. The maximum atomic E-state index is 12.5. The minimum absolute atomic E-state index is 0.212. The second kappa shape index (κ2) is 4.92. The SMILES string of the molecule is N#CC(CN1CCc2ccccc2C1=O)C(F)(F)F. The maximum Gasteiger partial charge on any atom is 0.406 e. The third-order valence-corrected chi connectivity index (χ3v) is 3.14. The number of carbonyl (C=O) groups is 1. The molecule has 1 atom stereocenters. The summed E-state index contributed by atoms with van der Waals surface area (Å²) in [6.07, 6.45) is -4.09. The third kappa shape index (κ3) is 2.70. The van der Waals surface area contributed by atoms with Gasteiger partial charge in [-0.3, -0.25) is 4.79 Å². The highest BCUT2D eigenvalue weighted by Gasteiger charge is 2.42. The highest BCUT2D eigenvalue weighted by molar-refractivity contribution is 5.96. The second-order valence-corrected chi connectivity index (χ2v) is 4.38. The first-order valence-electron chi connectivity index (χ1n) is 5.77. The van der Waals surface area contributed by atoms with Crippen molar-refractivity contribution in [3.05, 3.63) is 35.4 Å². The van der Waals surface area contributed by atoms with Crippen molar-refractivity contribution in [1.29, 1.82) is 5.26 Å². The molecule has 1 aromatic carbocycles. The standard InChI is InChI=1S/C13H11F3N2O/c14-13(15,16)10(7-17)8-18-6-5-9-3-1-2-4-11(9)12(18)19/h1-4,10H,5-6,8H2. The predicted octanol–water partition coefficient (Wildman–Crippen LogP) is 2.39. The number of alkyl halides is 3. The van der Waals surface area contributed by atoms with Crippen molar-refractivity contribution in [3.63, 3.8) is 0 Å². The van der Waals surface area contributed by atoms with Gasteiger partial charge in [0.1, 0.15) is 0 Å². The Balaban J connectivity index is 2.17. The molecule has 19 heavy (non-hydrogen) atoms. The van der Waals surface area contributed by atoms with E-state index >= 15 is 0 Å². The van der Waals surface area contributed by atoms with Crippen LogP contribution in [-0.4, -0.2) is 30.1 Å². The first-order valence-corrected chi connectivity index (χ1v) is 5.77. The van der Waals surface area contributed by atoms with Crippen LogP contribution in [0.25, 0.3) is 0 Å². The van der Waals surface area contributed by atoms with Crippen LogP contribution in [0.5, 0.6) is 0 Å². The molecule has 100 valence electrons. The molecule has 0 saturated carbocycles. The molecule has 1 heterocycles. The Morgan fingerprint density at radius 1 is 1.37 bits per heavy atom. The van der Waals surface area contributed by atoms with Gasteiger partial charge in [0, 0.05) is 18.7 Å². The molecule has 0 aromatic heterocycles. The van der Waals surface area contributed by atoms with Crippen LogP contribution >= 0.6 is 0 Å². The first-order chi connectivity index (χ1) is 8.93. The van der Waals surface area contributed by atoms with Crippen LogP contribution in [0.3, 0.4) is 0 Å². The molecule has 0 aliphatic carbocycles. The van der Waals surface area contributed by atoms with Crippen molar-refractivity contribution in [2.24, 2.45) is 5.92 Å². The van der Waals surface area contributed by atoms with E-state index in [1.54, 1.807) is 24.3 Å². The lowest BCUT2D eigenvalue weighted by molar-refractivity contribution is -0.161. The van der Waals surface area contributed by atoms with Crippen LogP contribution < -0.4 is 0 Å². The number of halogens is 3. The van der Waals surface area contributed by atoms with E-state index in [-0.39, 0.29) is 6.54 Å². The molecule has 2 rings (SSSR count). The molecule has 3 nitrogen and oxygen atoms in total. The second-order valence-electron chi connectivity index (χ2n) is 4.38. The Hall–Kier alpha value is -2.03. The number of hydrogen-bond donors (Lipinski definition) is 0. The summed E-state index contributed by atoms with van der Waals surface area (Å²) in [7, 11) is 0. The molecular weight excluding hydrogens is 257 g/mol. The number of benzene rings is 1. The summed E-state index contributed by atoms with van der Waals surface area (Å²) in [6.45, 7) is -0.392. The van der Waals surface area contributed by atoms with E-state index in [1.807, 2.05) is 0 Å². The van der Waals surface area contributed by atoms with E-state index in [0.29, 0.717) is 12.0 Å². The molecule has 1 amide bonds. The van der Waals surface area contributed by atoms with Gasteiger partial charge in [-0.25, -0.2) is 0 Å². The average Bonchev–Trinajstić information content (AvgIpc) is 2.37. The van der Waals surface area contributed by atoms with Crippen LogP contribution in [0.4, 0.5) is 13.2 Å². The normalized spacial score (nSPS) is 16.7. The molecule has 1 aromatic rings. The molecule has 1 aliphatic heterocycles. The molecule has 6 heteroatoms. The van der Waals surface area contributed by atoms with Crippen molar-refractivity contribution in [3.8, 4) is 6.07 Å². The summed E-state index contributed by atoms with van der Waals surface area (Å²) in [5.74, 6) is -2.58. The lowest BCUT2D eigenvalue weighted by atomic mass is 9.98. The average molecular weight is 268 g/mol. The Morgan fingerprint density at radius 2 is 2.05 bits per heavy atom. The lowest BCUT2D eigenvalue weighted by Crippen LogP contribution is -2.43. The van der Waals surface area contributed by atoms with E-state index in [2.05, 4.69) is 0 Å². The molecule has 0 fully saturated rings. The van der Waals surface area contributed by atoms with Crippen molar-refractivity contribution in [1.82, 2.24) is 4.90 Å². The Labute approximate surface area is 108 Å². The summed E-state index contributed by atoms with van der Waals surface area (Å²) in [4.78, 5) is 13.1. The Kier molecular flexibility index (Phi) is 3.47. The van der Waals surface area contributed by atoms with Crippen LogP contribution in [0.1, 0.15) is 15.9 Å². The lowest BCUT2D eigenvalue weighted by Gasteiger charge is -2.30. The molecule has 0 saturated heterocycles. The van der Waals surface area contributed by atoms with Gasteiger partial charge in [0.05, 0.1) is 6.07 Å². The monoisotopic (exact) mass is 268 g/mol. The fourth-order valence-corrected chi connectivity index (χ4v) is 2.09. The summed E-state index contributed by atoms with van der Waals surface area (Å²) >= 11 is 0. The third-order valence-electron chi connectivity index (χ3n) is 3.14. The fourth-order valence-electron chi connectivity index (χ4n) is 2.09. The molecule has 0 N–H and O–H groups in total. The van der Waals surface area contributed by atoms with Crippen LogP contribution in [0.15, 0.2) is 24.3 Å². The van der Waals surface area contributed by atoms with Gasteiger partial charge in [-0.2, -0.15) is 18.4 Å². The van der Waals surface area contributed by atoms with E-state index in [0.717, 1.165) is 10.5 Å². The molecule has 0 spiro atoms. The smallest absolute Gasteiger partial charge is 0.337 e. The summed E-state index contributed by atoms with van der Waals surface area (Å²) in [5.41, 5.74) is 1.26. The molecule has 1 unspecified atom stereocenters. The Bertz CT molecular complexity index is 533. The minimum Gasteiger partial charge on any atom is -0.337 e. The number of nitrogens with zero attached hydrogens (tertiary/aromatic N) is 2. The van der Waals surface area contributed by atoms with Crippen LogP contribution in [-0.2, 0) is 6.42 Å². The minimum atomic E-state index is -4.61. The van der Waals surface area contributed by atoms with Gasteiger partial charge in [-0.1, -0.05) is 18.2 Å². The Morgan fingerprint density at radius 3 is 2.68 bits per heavy atom. The van der Waals surface area contributed by atoms with Crippen molar-refractivity contribution in [2.45, 2.75) is 12.6 Å². The summed E-state index contributed by atoms with van der Waals surface area (Å²) < 4.78 is 37.6. The highest BCUT2D eigenvalue weighted by atomic mass is 19.4. The van der Waals surface area contributed by atoms with Gasteiger partial charge in [0.2, 0.25) is 0 Å². The molecule has 0 radical (unpaired) electrons. The van der Waals surface area contributed by atoms with Gasteiger partial charge in [-0.15, -0.1) is 0 Å². The zero-order valence-electron chi connectivity index (χ0n) is 9.94. The van der Waals surface area contributed by atoms with Crippen molar-refractivity contribution < 1.29 is 18.0 Å². The number of fused-ring (bicyclic) bond motifs is 1. The van der Waals surface area contributed by atoms with Gasteiger partial charge in [0.15, 0.2) is 5.92 Å². The van der Waals surface area contributed by atoms with E-state index < -0.39 is 24.5 Å². The fraction of sp³-hybridized carbons (Fsp3) is 0.385. The maximum absolute atomic E-state index is 12.5. The number of carbonyl (C=O) groups excluding carboxylic acids is 1. The van der Waals surface area contributed by atoms with E-state index in [9.17, 15) is 18.0 Å². The highest BCUT2D eigenvalue weighted by Crippen LogP contribution is 2.28. The van der Waals surface area contributed by atoms with E-state index in [1.165, 1.54) is 6.07 Å². The van der Waals surface area contributed by atoms with E-state index in [4.69, 9.17) is 5.26 Å². The predicted molar refractivity (Wildman–Crippen MR) is 61.2 cm³/mol. The molecule has 0 bridgehead atoms. The quantitative estimate of drug-likeness (QED) is 0.826. The van der Waals surface area contributed by atoms with Crippen LogP contribution in [0, 0.1) is 17.2 Å². The van der Waals surface area contributed by atoms with Crippen molar-refractivity contribution >= 4 is 5.91 Å². The number of rotatable bonds is 2. The number of nitriles is 1. The van der Waals surface area contributed by atoms with Crippen molar-refractivity contribution in [2.75, 3.05) is 13.1 Å². The first kappa shape index (κ1) is 13.4. The van der Waals surface area contributed by atoms with Gasteiger partial charge in [0.25, 0.3) is 5.91 Å². The zero-order chi connectivity index (χ0) is 14.0. The van der Waals surface area contributed by atoms with Gasteiger partial charge in [-0.05, 0) is 18.1 Å². The van der Waals surface area contributed by atoms with Gasteiger partial charge >= 0.3 is 6.18 Å². The summed E-state index contributed by atoms with van der Waals surface area (Å²) in [5, 5.41) is 8.57. The largest absolute Gasteiger partial charge is 0.406 e. The number of hydrogen-bond acceptors (Lipinski definition) is 2.